The first kappa shape index (κ1) is 17.3. The van der Waals surface area contributed by atoms with Crippen LogP contribution in [0.1, 0.15) is 35.7 Å². The lowest BCUT2D eigenvalue weighted by atomic mass is 9.90. The molecule has 5 nitrogen and oxygen atoms in total. The molecule has 0 amide bonds. The van der Waals surface area contributed by atoms with Gasteiger partial charge in [-0.15, -0.1) is 0 Å². The molecule has 136 valence electrons. The van der Waals surface area contributed by atoms with Gasteiger partial charge in [0.15, 0.2) is 0 Å². The molecular formula is C20H24ClN5. The Kier molecular flexibility index (Phi) is 4.83. The first-order valence-electron chi connectivity index (χ1n) is 9.11. The average Bonchev–Trinajstić information content (AvgIpc) is 3.25. The van der Waals surface area contributed by atoms with Crippen molar-refractivity contribution in [3.8, 4) is 11.1 Å². The second-order valence-corrected chi connectivity index (χ2v) is 7.59. The van der Waals surface area contributed by atoms with Crippen molar-refractivity contribution in [3.05, 3.63) is 58.6 Å². The fourth-order valence-electron chi connectivity index (χ4n) is 3.84. The fraction of sp³-hybridized carbons (Fsp3) is 0.400. The number of hydrogen-bond donors (Lipinski definition) is 1. The quantitative estimate of drug-likeness (QED) is 0.751. The monoisotopic (exact) mass is 369 g/mol. The summed E-state index contributed by atoms with van der Waals surface area (Å²) in [5.74, 6) is 0.467. The molecule has 6 heteroatoms. The second-order valence-electron chi connectivity index (χ2n) is 7.16. The molecule has 0 aliphatic carbocycles. The highest BCUT2D eigenvalue weighted by molar-refractivity contribution is 6.30. The Bertz CT molecular complexity index is 880. The lowest BCUT2D eigenvalue weighted by Gasteiger charge is -2.32. The van der Waals surface area contributed by atoms with Crippen LogP contribution in [0.4, 0.5) is 0 Å². The first-order chi connectivity index (χ1) is 12.6. The Hall–Kier alpha value is -2.11. The van der Waals surface area contributed by atoms with E-state index in [0.717, 1.165) is 24.7 Å². The maximum atomic E-state index is 6.04. The SMILES string of the molecule is Cc1c(CN2CCC[C@@H](c3[nH]ncc3-c3ccc(Cl)cc3)C2)cnn1C. The van der Waals surface area contributed by atoms with Gasteiger partial charge in [-0.05, 0) is 44.0 Å². The van der Waals surface area contributed by atoms with Crippen molar-refractivity contribution in [3.63, 3.8) is 0 Å². The highest BCUT2D eigenvalue weighted by atomic mass is 35.5. The van der Waals surface area contributed by atoms with Gasteiger partial charge in [-0.3, -0.25) is 14.7 Å². The molecule has 0 spiro atoms. The Morgan fingerprint density at radius 3 is 2.77 bits per heavy atom. The van der Waals surface area contributed by atoms with E-state index in [1.165, 1.54) is 40.9 Å². The van der Waals surface area contributed by atoms with E-state index in [4.69, 9.17) is 11.6 Å². The summed E-state index contributed by atoms with van der Waals surface area (Å²) in [5, 5.41) is 12.7. The first-order valence-corrected chi connectivity index (χ1v) is 9.48. The Morgan fingerprint density at radius 1 is 1.23 bits per heavy atom. The molecule has 3 aromatic rings. The molecule has 1 N–H and O–H groups in total. The molecule has 1 saturated heterocycles. The maximum Gasteiger partial charge on any atom is 0.0568 e. The van der Waals surface area contributed by atoms with Gasteiger partial charge < -0.3 is 0 Å². The predicted octanol–water partition coefficient (Wildman–Crippen LogP) is 4.15. The van der Waals surface area contributed by atoms with E-state index in [2.05, 4.69) is 39.3 Å². The van der Waals surface area contributed by atoms with Crippen LogP contribution in [0, 0.1) is 6.92 Å². The fourth-order valence-corrected chi connectivity index (χ4v) is 3.97. The van der Waals surface area contributed by atoms with Crippen molar-refractivity contribution < 1.29 is 0 Å². The molecule has 26 heavy (non-hydrogen) atoms. The van der Waals surface area contributed by atoms with E-state index in [1.807, 2.05) is 36.3 Å². The van der Waals surface area contributed by atoms with Gasteiger partial charge in [0.25, 0.3) is 0 Å². The van der Waals surface area contributed by atoms with Crippen LogP contribution in [-0.4, -0.2) is 38.0 Å². The Balaban J connectivity index is 1.53. The topological polar surface area (TPSA) is 49.7 Å². The van der Waals surface area contributed by atoms with Crippen molar-refractivity contribution in [1.29, 1.82) is 0 Å². The highest BCUT2D eigenvalue weighted by Crippen LogP contribution is 2.33. The van der Waals surface area contributed by atoms with E-state index in [1.54, 1.807) is 0 Å². The summed E-state index contributed by atoms with van der Waals surface area (Å²) in [5.41, 5.74) is 6.15. The molecule has 4 rings (SSSR count). The second kappa shape index (κ2) is 7.25. The minimum absolute atomic E-state index is 0.467. The molecule has 1 aliphatic rings. The van der Waals surface area contributed by atoms with Crippen LogP contribution < -0.4 is 0 Å². The highest BCUT2D eigenvalue weighted by Gasteiger charge is 2.25. The number of aryl methyl sites for hydroxylation is 1. The summed E-state index contributed by atoms with van der Waals surface area (Å²) in [4.78, 5) is 2.53. The molecule has 1 atom stereocenters. The summed E-state index contributed by atoms with van der Waals surface area (Å²) in [6.07, 6.45) is 6.31. The van der Waals surface area contributed by atoms with Crippen LogP contribution >= 0.6 is 11.6 Å². The lowest BCUT2D eigenvalue weighted by molar-refractivity contribution is 0.198. The largest absolute Gasteiger partial charge is 0.298 e. The average molecular weight is 370 g/mol. The smallest absolute Gasteiger partial charge is 0.0568 e. The van der Waals surface area contributed by atoms with Crippen molar-refractivity contribution in [2.75, 3.05) is 13.1 Å². The number of aromatic amines is 1. The number of hydrogen-bond acceptors (Lipinski definition) is 3. The molecular weight excluding hydrogens is 346 g/mol. The predicted molar refractivity (Wildman–Crippen MR) is 104 cm³/mol. The van der Waals surface area contributed by atoms with E-state index in [-0.39, 0.29) is 0 Å². The zero-order chi connectivity index (χ0) is 18.1. The van der Waals surface area contributed by atoms with Gasteiger partial charge in [0.1, 0.15) is 0 Å². The Labute approximate surface area is 159 Å². The van der Waals surface area contributed by atoms with Crippen molar-refractivity contribution in [1.82, 2.24) is 24.9 Å². The lowest BCUT2D eigenvalue weighted by Crippen LogP contribution is -2.34. The van der Waals surface area contributed by atoms with Gasteiger partial charge in [0, 0.05) is 53.6 Å². The minimum atomic E-state index is 0.467. The maximum absolute atomic E-state index is 6.04. The third-order valence-electron chi connectivity index (χ3n) is 5.47. The van der Waals surface area contributed by atoms with Crippen LogP contribution in [0.25, 0.3) is 11.1 Å². The number of rotatable bonds is 4. The number of H-pyrrole nitrogens is 1. The van der Waals surface area contributed by atoms with Crippen LogP contribution in [0.2, 0.25) is 5.02 Å². The van der Waals surface area contributed by atoms with Crippen LogP contribution in [0.5, 0.6) is 0 Å². The normalized spacial score (nSPS) is 18.3. The summed E-state index contributed by atoms with van der Waals surface area (Å²) in [6, 6.07) is 8.00. The zero-order valence-corrected chi connectivity index (χ0v) is 16.0. The third-order valence-corrected chi connectivity index (χ3v) is 5.72. The van der Waals surface area contributed by atoms with Crippen LogP contribution in [0.15, 0.2) is 36.7 Å². The van der Waals surface area contributed by atoms with Gasteiger partial charge in [-0.25, -0.2) is 0 Å². The number of aromatic nitrogens is 4. The molecule has 3 heterocycles. The number of likely N-dealkylation sites (tertiary alicyclic amines) is 1. The van der Waals surface area contributed by atoms with Gasteiger partial charge in [-0.1, -0.05) is 23.7 Å². The molecule has 0 radical (unpaired) electrons. The van der Waals surface area contributed by atoms with Gasteiger partial charge in [0.05, 0.1) is 12.4 Å². The van der Waals surface area contributed by atoms with E-state index in [9.17, 15) is 0 Å². The number of benzene rings is 1. The molecule has 1 aromatic carbocycles. The number of halogens is 1. The molecule has 1 aliphatic heterocycles. The summed E-state index contributed by atoms with van der Waals surface area (Å²) in [7, 11) is 2.00. The number of piperidine rings is 1. The van der Waals surface area contributed by atoms with Gasteiger partial charge in [0.2, 0.25) is 0 Å². The summed E-state index contributed by atoms with van der Waals surface area (Å²) in [6.45, 7) is 5.27. The van der Waals surface area contributed by atoms with E-state index >= 15 is 0 Å². The summed E-state index contributed by atoms with van der Waals surface area (Å²) >= 11 is 6.04. The van der Waals surface area contributed by atoms with Crippen molar-refractivity contribution in [2.45, 2.75) is 32.2 Å². The van der Waals surface area contributed by atoms with Gasteiger partial charge in [-0.2, -0.15) is 10.2 Å². The number of nitrogens with zero attached hydrogens (tertiary/aromatic N) is 4. The molecule has 0 saturated carbocycles. The molecule has 1 fully saturated rings. The Morgan fingerprint density at radius 2 is 2.04 bits per heavy atom. The zero-order valence-electron chi connectivity index (χ0n) is 15.2. The number of nitrogens with one attached hydrogen (secondary N) is 1. The molecule has 0 unspecified atom stereocenters. The van der Waals surface area contributed by atoms with Crippen molar-refractivity contribution in [2.24, 2.45) is 7.05 Å². The van der Waals surface area contributed by atoms with E-state index in [0.29, 0.717) is 5.92 Å². The minimum Gasteiger partial charge on any atom is -0.298 e. The molecule has 0 bridgehead atoms. The molecule has 2 aromatic heterocycles. The van der Waals surface area contributed by atoms with Crippen LogP contribution in [0.3, 0.4) is 0 Å². The van der Waals surface area contributed by atoms with Crippen LogP contribution in [-0.2, 0) is 13.6 Å². The van der Waals surface area contributed by atoms with E-state index < -0.39 is 0 Å². The van der Waals surface area contributed by atoms with Crippen molar-refractivity contribution >= 4 is 11.6 Å². The summed E-state index contributed by atoms with van der Waals surface area (Å²) < 4.78 is 1.95. The standard InChI is InChI=1S/C20H24ClN5/c1-14-17(10-23-25(14)2)13-26-9-3-4-16(12-26)20-19(11-22-24-20)15-5-7-18(21)8-6-15/h5-8,10-11,16H,3-4,9,12-13H2,1-2H3,(H,22,24)/t16-/m1/s1. The van der Waals surface area contributed by atoms with Gasteiger partial charge >= 0.3 is 0 Å². The third kappa shape index (κ3) is 3.41.